The highest BCUT2D eigenvalue weighted by molar-refractivity contribution is 6.05. The summed E-state index contributed by atoms with van der Waals surface area (Å²) in [7, 11) is 0. The van der Waals surface area contributed by atoms with Crippen LogP contribution >= 0.6 is 0 Å². The molecule has 1 fully saturated rings. The lowest BCUT2D eigenvalue weighted by Crippen LogP contribution is -2.38. The average Bonchev–Trinajstić information content (AvgIpc) is 3.32. The molecule has 0 unspecified atom stereocenters. The van der Waals surface area contributed by atoms with E-state index in [2.05, 4.69) is 15.7 Å². The molecule has 9 heteroatoms. The number of rotatable bonds is 5. The monoisotopic (exact) mass is 385 g/mol. The van der Waals surface area contributed by atoms with Crippen LogP contribution in [0.3, 0.4) is 0 Å². The molecule has 0 radical (unpaired) electrons. The summed E-state index contributed by atoms with van der Waals surface area (Å²) in [4.78, 5) is 24.7. The number of nitrogen functional groups attached to an aromatic ring is 1. The van der Waals surface area contributed by atoms with Gasteiger partial charge in [-0.15, -0.1) is 0 Å². The second-order valence-electron chi connectivity index (χ2n) is 7.08. The van der Waals surface area contributed by atoms with Crippen LogP contribution in [-0.4, -0.2) is 34.4 Å². The summed E-state index contributed by atoms with van der Waals surface area (Å²) in [5.74, 6) is 0.610. The van der Waals surface area contributed by atoms with E-state index in [9.17, 15) is 9.59 Å². The molecule has 28 heavy (non-hydrogen) atoms. The fourth-order valence-corrected chi connectivity index (χ4v) is 3.50. The number of amides is 2. The Morgan fingerprint density at radius 3 is 2.71 bits per heavy atom. The maximum Gasteiger partial charge on any atom is 0.258 e. The standard InChI is InChI=1S/C19H23N5O4/c20-14-6-16-17(28-11-27-16)7-15(14)23-19(26)12-8-21-24(9-12)10-18(25)22-13-4-2-1-3-5-13/h6-9,13H,1-5,10-11,20H2,(H,22,25)(H,23,26). The van der Waals surface area contributed by atoms with Gasteiger partial charge < -0.3 is 25.8 Å². The highest BCUT2D eigenvalue weighted by Gasteiger charge is 2.19. The zero-order valence-corrected chi connectivity index (χ0v) is 15.4. The van der Waals surface area contributed by atoms with Crippen LogP contribution in [0.1, 0.15) is 42.5 Å². The second kappa shape index (κ2) is 7.79. The smallest absolute Gasteiger partial charge is 0.258 e. The summed E-state index contributed by atoms with van der Waals surface area (Å²) in [6.45, 7) is 0.206. The third kappa shape index (κ3) is 4.03. The van der Waals surface area contributed by atoms with E-state index >= 15 is 0 Å². The maximum absolute atomic E-state index is 12.5. The van der Waals surface area contributed by atoms with Crippen LogP contribution in [0.25, 0.3) is 0 Å². The Kier molecular flexibility index (Phi) is 5.05. The number of fused-ring (bicyclic) bond motifs is 1. The zero-order valence-electron chi connectivity index (χ0n) is 15.4. The van der Waals surface area contributed by atoms with Crippen LogP contribution in [0.4, 0.5) is 11.4 Å². The van der Waals surface area contributed by atoms with Crippen LogP contribution in [0.5, 0.6) is 11.5 Å². The first-order chi connectivity index (χ1) is 13.6. The predicted molar refractivity (Wildman–Crippen MR) is 102 cm³/mol. The summed E-state index contributed by atoms with van der Waals surface area (Å²) in [6, 6.07) is 3.47. The number of nitrogens with two attached hydrogens (primary N) is 1. The molecule has 0 atom stereocenters. The number of benzene rings is 1. The van der Waals surface area contributed by atoms with E-state index in [1.165, 1.54) is 17.3 Å². The third-order valence-corrected chi connectivity index (χ3v) is 4.96. The molecule has 0 saturated heterocycles. The Labute approximate surface area is 162 Å². The molecule has 9 nitrogen and oxygen atoms in total. The van der Waals surface area contributed by atoms with Crippen molar-refractivity contribution in [1.82, 2.24) is 15.1 Å². The molecule has 2 aromatic rings. The molecule has 4 N–H and O–H groups in total. The van der Waals surface area contributed by atoms with Crippen LogP contribution in [0, 0.1) is 0 Å². The molecule has 1 aromatic carbocycles. The molecule has 2 heterocycles. The van der Waals surface area contributed by atoms with Gasteiger partial charge in [0.15, 0.2) is 11.5 Å². The number of aromatic nitrogens is 2. The first kappa shape index (κ1) is 18.1. The first-order valence-electron chi connectivity index (χ1n) is 9.41. The largest absolute Gasteiger partial charge is 0.454 e. The van der Waals surface area contributed by atoms with Gasteiger partial charge in [0.25, 0.3) is 5.91 Å². The predicted octanol–water partition coefficient (Wildman–Crippen LogP) is 1.90. The van der Waals surface area contributed by atoms with Gasteiger partial charge in [-0.1, -0.05) is 19.3 Å². The number of nitrogens with zero attached hydrogens (tertiary/aromatic N) is 2. The Morgan fingerprint density at radius 2 is 1.93 bits per heavy atom. The number of hydrogen-bond acceptors (Lipinski definition) is 6. The second-order valence-corrected chi connectivity index (χ2v) is 7.08. The lowest BCUT2D eigenvalue weighted by molar-refractivity contribution is -0.122. The van der Waals surface area contributed by atoms with Crippen molar-refractivity contribution in [3.63, 3.8) is 0 Å². The molecule has 1 saturated carbocycles. The fraction of sp³-hybridized carbons (Fsp3) is 0.421. The molecular weight excluding hydrogens is 362 g/mol. The molecule has 1 aliphatic carbocycles. The van der Waals surface area contributed by atoms with Gasteiger partial charge in [0.2, 0.25) is 12.7 Å². The number of nitrogens with one attached hydrogen (secondary N) is 2. The first-order valence-corrected chi connectivity index (χ1v) is 9.41. The van der Waals surface area contributed by atoms with Gasteiger partial charge in [0, 0.05) is 24.4 Å². The van der Waals surface area contributed by atoms with Gasteiger partial charge >= 0.3 is 0 Å². The Morgan fingerprint density at radius 1 is 1.18 bits per heavy atom. The lowest BCUT2D eigenvalue weighted by Gasteiger charge is -2.22. The van der Waals surface area contributed by atoms with Gasteiger partial charge in [-0.25, -0.2) is 0 Å². The van der Waals surface area contributed by atoms with Crippen molar-refractivity contribution in [3.05, 3.63) is 30.1 Å². The van der Waals surface area contributed by atoms with Gasteiger partial charge in [-0.05, 0) is 12.8 Å². The van der Waals surface area contributed by atoms with E-state index in [0.717, 1.165) is 25.7 Å². The van der Waals surface area contributed by atoms with Crippen molar-refractivity contribution in [2.75, 3.05) is 17.8 Å². The summed E-state index contributed by atoms with van der Waals surface area (Å²) < 4.78 is 12.0. The summed E-state index contributed by atoms with van der Waals surface area (Å²) in [5, 5.41) is 9.88. The van der Waals surface area contributed by atoms with Crippen LogP contribution < -0.4 is 25.8 Å². The van der Waals surface area contributed by atoms with E-state index in [-0.39, 0.29) is 31.2 Å². The zero-order chi connectivity index (χ0) is 19.5. The van der Waals surface area contributed by atoms with E-state index in [4.69, 9.17) is 15.2 Å². The minimum absolute atomic E-state index is 0.0793. The Balaban J connectivity index is 1.36. The van der Waals surface area contributed by atoms with Crippen molar-refractivity contribution in [1.29, 1.82) is 0 Å². The molecule has 148 valence electrons. The summed E-state index contributed by atoms with van der Waals surface area (Å²) in [5.41, 5.74) is 7.09. The average molecular weight is 385 g/mol. The molecule has 1 aliphatic heterocycles. The van der Waals surface area contributed by atoms with E-state index < -0.39 is 0 Å². The normalized spacial score (nSPS) is 16.0. The molecule has 0 spiro atoms. The van der Waals surface area contributed by atoms with Gasteiger partial charge in [0.05, 0.1) is 23.1 Å². The van der Waals surface area contributed by atoms with E-state index in [1.54, 1.807) is 18.3 Å². The maximum atomic E-state index is 12.5. The third-order valence-electron chi connectivity index (χ3n) is 4.96. The lowest BCUT2D eigenvalue weighted by atomic mass is 9.95. The SMILES string of the molecule is Nc1cc2c(cc1NC(=O)c1cnn(CC(=O)NC3CCCCC3)c1)OCO2. The van der Waals surface area contributed by atoms with Crippen molar-refractivity contribution in [2.45, 2.75) is 44.7 Å². The van der Waals surface area contributed by atoms with E-state index in [0.29, 0.717) is 28.4 Å². The molecular formula is C19H23N5O4. The number of anilines is 2. The van der Waals surface area contributed by atoms with Crippen LogP contribution in [-0.2, 0) is 11.3 Å². The van der Waals surface area contributed by atoms with Gasteiger partial charge in [-0.3, -0.25) is 14.3 Å². The van der Waals surface area contributed by atoms with Crippen molar-refractivity contribution >= 4 is 23.2 Å². The quantitative estimate of drug-likeness (QED) is 0.676. The molecule has 1 aromatic heterocycles. The van der Waals surface area contributed by atoms with Crippen LogP contribution in [0.2, 0.25) is 0 Å². The highest BCUT2D eigenvalue weighted by atomic mass is 16.7. The topological polar surface area (TPSA) is 120 Å². The van der Waals surface area contributed by atoms with Gasteiger partial charge in [0.1, 0.15) is 6.54 Å². The Bertz CT molecular complexity index is 888. The number of carbonyl (C=O) groups is 2. The highest BCUT2D eigenvalue weighted by Crippen LogP contribution is 2.38. The van der Waals surface area contributed by atoms with Crippen molar-refractivity contribution < 1.29 is 19.1 Å². The summed E-state index contributed by atoms with van der Waals surface area (Å²) >= 11 is 0. The van der Waals surface area contributed by atoms with Crippen molar-refractivity contribution in [3.8, 4) is 11.5 Å². The van der Waals surface area contributed by atoms with Gasteiger partial charge in [-0.2, -0.15) is 5.10 Å². The fourth-order valence-electron chi connectivity index (χ4n) is 3.50. The minimum atomic E-state index is -0.371. The molecule has 4 rings (SSSR count). The molecule has 2 amide bonds. The molecule has 0 bridgehead atoms. The van der Waals surface area contributed by atoms with Crippen LogP contribution in [0.15, 0.2) is 24.5 Å². The number of ether oxygens (including phenoxy) is 2. The number of carbonyl (C=O) groups excluding carboxylic acids is 2. The van der Waals surface area contributed by atoms with E-state index in [1.807, 2.05) is 0 Å². The summed E-state index contributed by atoms with van der Waals surface area (Å²) in [6.07, 6.45) is 8.55. The minimum Gasteiger partial charge on any atom is -0.454 e. The molecule has 2 aliphatic rings. The Hall–Kier alpha value is -3.23. The van der Waals surface area contributed by atoms with Crippen molar-refractivity contribution in [2.24, 2.45) is 0 Å². The number of hydrogen-bond donors (Lipinski definition) is 3.